The van der Waals surface area contributed by atoms with Gasteiger partial charge in [0, 0.05) is 67.5 Å². The van der Waals surface area contributed by atoms with E-state index in [1.54, 1.807) is 4.90 Å². The molecule has 2 aromatic heterocycles. The van der Waals surface area contributed by atoms with Crippen LogP contribution in [0.25, 0.3) is 33.4 Å². The molecule has 4 aromatic rings. The van der Waals surface area contributed by atoms with Gasteiger partial charge < -0.3 is 19.4 Å². The Labute approximate surface area is 290 Å². The lowest BCUT2D eigenvalue weighted by atomic mass is 9.94. The first-order valence-corrected chi connectivity index (χ1v) is 18.0. The predicted octanol–water partition coefficient (Wildman–Crippen LogP) is 6.96. The van der Waals surface area contributed by atoms with Crippen molar-refractivity contribution in [2.24, 2.45) is 7.05 Å². The normalized spacial score (nSPS) is 18.9. The number of piperazine rings is 1. The maximum Gasteiger partial charge on any atom is 0.410 e. The van der Waals surface area contributed by atoms with Crippen molar-refractivity contribution in [1.29, 1.82) is 0 Å². The lowest BCUT2D eigenvalue weighted by Gasteiger charge is -2.36. The second kappa shape index (κ2) is 13.2. The summed E-state index contributed by atoms with van der Waals surface area (Å²) in [5.41, 5.74) is 9.92. The van der Waals surface area contributed by atoms with E-state index in [0.717, 1.165) is 51.8 Å². The van der Waals surface area contributed by atoms with Crippen molar-refractivity contribution in [3.8, 4) is 22.4 Å². The maximum absolute atomic E-state index is 13.8. The minimum atomic E-state index is -0.547. The van der Waals surface area contributed by atoms with Gasteiger partial charge in [-0.25, -0.2) is 14.5 Å². The molecule has 0 radical (unpaired) electrons. The van der Waals surface area contributed by atoms with Crippen LogP contribution in [0.3, 0.4) is 0 Å². The van der Waals surface area contributed by atoms with Gasteiger partial charge in [-0.15, -0.1) is 0 Å². The number of ether oxygens (including phenoxy) is 1. The largest absolute Gasteiger partial charge is 0.444 e. The number of amides is 2. The second-order valence-corrected chi connectivity index (χ2v) is 15.3. The Bertz CT molecular complexity index is 1870. The zero-order valence-electron chi connectivity index (χ0n) is 30.0. The summed E-state index contributed by atoms with van der Waals surface area (Å²) in [5.74, 6) is -0.00446. The number of likely N-dealkylation sites (tertiary alicyclic amines) is 1. The van der Waals surface area contributed by atoms with E-state index >= 15 is 0 Å². The fourth-order valence-corrected chi connectivity index (χ4v) is 8.07. The molecule has 0 bridgehead atoms. The molecule has 2 aliphatic heterocycles. The van der Waals surface area contributed by atoms with Crippen LogP contribution >= 0.6 is 0 Å². The molecule has 2 fully saturated rings. The third-order valence-corrected chi connectivity index (χ3v) is 10.6. The smallest absolute Gasteiger partial charge is 0.410 e. The monoisotopic (exact) mass is 662 g/mol. The van der Waals surface area contributed by atoms with Gasteiger partial charge in [0.25, 0.3) is 5.91 Å². The van der Waals surface area contributed by atoms with Crippen molar-refractivity contribution < 1.29 is 14.3 Å². The van der Waals surface area contributed by atoms with Gasteiger partial charge in [0.1, 0.15) is 11.3 Å². The molecule has 0 N–H and O–H groups in total. The highest BCUT2D eigenvalue weighted by molar-refractivity contribution is 5.99. The van der Waals surface area contributed by atoms with Crippen LogP contribution < -0.4 is 0 Å². The molecule has 49 heavy (non-hydrogen) atoms. The van der Waals surface area contributed by atoms with Gasteiger partial charge in [-0.3, -0.25) is 4.79 Å². The van der Waals surface area contributed by atoms with Crippen molar-refractivity contribution in [2.45, 2.75) is 84.8 Å². The van der Waals surface area contributed by atoms with E-state index < -0.39 is 5.60 Å². The van der Waals surface area contributed by atoms with Crippen molar-refractivity contribution in [1.82, 2.24) is 29.5 Å². The SMILES string of the molecule is Cc1cc(-c2nn(C)c3ncc(-c4ccc5c(c4)CC[C@@H](N4CCCC4)CC5)cc23)cc(C)c1C(=O)N1CCN(C(=O)OC(C)(C)C)CC1. The summed E-state index contributed by atoms with van der Waals surface area (Å²) < 4.78 is 7.38. The van der Waals surface area contributed by atoms with Gasteiger partial charge in [0.05, 0.1) is 0 Å². The molecule has 9 heteroatoms. The topological polar surface area (TPSA) is 83.8 Å². The van der Waals surface area contributed by atoms with E-state index in [2.05, 4.69) is 41.3 Å². The Morgan fingerprint density at radius 3 is 2.12 bits per heavy atom. The quantitative estimate of drug-likeness (QED) is 0.220. The van der Waals surface area contributed by atoms with Crippen LogP contribution in [-0.2, 0) is 24.6 Å². The minimum Gasteiger partial charge on any atom is -0.444 e. The number of pyridine rings is 1. The number of hydrogen-bond acceptors (Lipinski definition) is 6. The molecule has 2 amide bonds. The molecule has 4 heterocycles. The third kappa shape index (κ3) is 6.82. The fourth-order valence-electron chi connectivity index (χ4n) is 8.07. The molecule has 2 aromatic carbocycles. The molecule has 0 saturated carbocycles. The van der Waals surface area contributed by atoms with Crippen molar-refractivity contribution in [3.05, 3.63) is 70.4 Å². The molecule has 2 saturated heterocycles. The number of aryl methyl sites for hydroxylation is 5. The first-order chi connectivity index (χ1) is 23.4. The molecule has 1 atom stereocenters. The Balaban J connectivity index is 1.11. The zero-order chi connectivity index (χ0) is 34.4. The Morgan fingerprint density at radius 2 is 1.45 bits per heavy atom. The summed E-state index contributed by atoms with van der Waals surface area (Å²) in [6.07, 6.45) is 9.10. The summed E-state index contributed by atoms with van der Waals surface area (Å²) in [5, 5.41) is 5.93. The Morgan fingerprint density at radius 1 is 0.796 bits per heavy atom. The fraction of sp³-hybridized carbons (Fsp3) is 0.500. The number of carbonyl (C=O) groups is 2. The average Bonchev–Trinajstić information content (AvgIpc) is 3.66. The molecule has 3 aliphatic rings. The van der Waals surface area contributed by atoms with Crippen molar-refractivity contribution in [2.75, 3.05) is 39.3 Å². The molecule has 1 aliphatic carbocycles. The van der Waals surface area contributed by atoms with E-state index in [4.69, 9.17) is 14.8 Å². The standard InChI is InChI=1S/C40H50N6O3/c1-26-21-31(22-27(2)35(26)38(47)45-17-19-46(20-18-45)39(48)49-40(3,4)5)36-34-24-32(25-41-37(34)43(6)42-36)30-10-9-28-11-13-33(14-12-29(28)23-30)44-15-7-8-16-44/h9-10,21-25,33H,7-8,11-20H2,1-6H3/t33-/m0/s1. The lowest BCUT2D eigenvalue weighted by molar-refractivity contribution is 0.0140. The van der Waals surface area contributed by atoms with Gasteiger partial charge in [0.2, 0.25) is 0 Å². The van der Waals surface area contributed by atoms with Crippen molar-refractivity contribution >= 4 is 23.0 Å². The number of aromatic nitrogens is 3. The molecular weight excluding hydrogens is 612 g/mol. The number of fused-ring (bicyclic) bond motifs is 2. The number of carbonyl (C=O) groups excluding carboxylic acids is 2. The molecule has 9 nitrogen and oxygen atoms in total. The van der Waals surface area contributed by atoms with E-state index in [-0.39, 0.29) is 12.0 Å². The van der Waals surface area contributed by atoms with Gasteiger partial charge in [0.15, 0.2) is 5.65 Å². The average molecular weight is 663 g/mol. The van der Waals surface area contributed by atoms with Gasteiger partial charge in [-0.2, -0.15) is 5.10 Å². The maximum atomic E-state index is 13.8. The van der Waals surface area contributed by atoms with Crippen LogP contribution in [0.4, 0.5) is 4.79 Å². The molecule has 0 unspecified atom stereocenters. The summed E-state index contributed by atoms with van der Waals surface area (Å²) in [4.78, 5) is 37.5. The number of benzene rings is 2. The summed E-state index contributed by atoms with van der Waals surface area (Å²) in [6.45, 7) is 14.0. The minimum absolute atomic E-state index is 0.00446. The number of nitrogens with zero attached hydrogens (tertiary/aromatic N) is 6. The van der Waals surface area contributed by atoms with E-state index in [0.29, 0.717) is 37.8 Å². The van der Waals surface area contributed by atoms with Crippen LogP contribution in [0.1, 0.15) is 79.1 Å². The second-order valence-electron chi connectivity index (χ2n) is 15.3. The molecule has 7 rings (SSSR count). The lowest BCUT2D eigenvalue weighted by Crippen LogP contribution is -2.51. The number of hydrogen-bond donors (Lipinski definition) is 0. The highest BCUT2D eigenvalue weighted by Crippen LogP contribution is 2.35. The van der Waals surface area contributed by atoms with E-state index in [1.807, 2.05) is 57.4 Å². The summed E-state index contributed by atoms with van der Waals surface area (Å²) in [7, 11) is 1.94. The zero-order valence-corrected chi connectivity index (χ0v) is 30.0. The van der Waals surface area contributed by atoms with Crippen LogP contribution in [-0.4, -0.2) is 92.4 Å². The van der Waals surface area contributed by atoms with Gasteiger partial charge in [-0.1, -0.05) is 18.2 Å². The predicted molar refractivity (Wildman–Crippen MR) is 194 cm³/mol. The van der Waals surface area contributed by atoms with Gasteiger partial charge in [-0.05, 0) is 132 Å². The van der Waals surface area contributed by atoms with Crippen molar-refractivity contribution in [3.63, 3.8) is 0 Å². The van der Waals surface area contributed by atoms with E-state index in [9.17, 15) is 9.59 Å². The van der Waals surface area contributed by atoms with Crippen LogP contribution in [0, 0.1) is 13.8 Å². The highest BCUT2D eigenvalue weighted by atomic mass is 16.6. The summed E-state index contributed by atoms with van der Waals surface area (Å²) >= 11 is 0. The molecule has 258 valence electrons. The Kier molecular flexibility index (Phi) is 8.98. The first kappa shape index (κ1) is 33.3. The van der Waals surface area contributed by atoms with Gasteiger partial charge >= 0.3 is 6.09 Å². The number of rotatable bonds is 4. The van der Waals surface area contributed by atoms with Crippen LogP contribution in [0.2, 0.25) is 0 Å². The van der Waals surface area contributed by atoms with Crippen LogP contribution in [0.5, 0.6) is 0 Å². The third-order valence-electron chi connectivity index (χ3n) is 10.6. The van der Waals surface area contributed by atoms with Crippen LogP contribution in [0.15, 0.2) is 42.6 Å². The molecule has 0 spiro atoms. The first-order valence-electron chi connectivity index (χ1n) is 18.0. The Hall–Kier alpha value is -4.24. The summed E-state index contributed by atoms with van der Waals surface area (Å²) in [6, 6.07) is 14.1. The highest BCUT2D eigenvalue weighted by Gasteiger charge is 2.30. The molecular formula is C40H50N6O3. The van der Waals surface area contributed by atoms with E-state index in [1.165, 1.54) is 55.5 Å².